The quantitative estimate of drug-likeness (QED) is 0.544. The first-order valence-corrected chi connectivity index (χ1v) is 8.24. The summed E-state index contributed by atoms with van der Waals surface area (Å²) < 4.78 is 0. The average Bonchev–Trinajstić information content (AvgIpc) is 2.57. The predicted octanol–water partition coefficient (Wildman–Crippen LogP) is 3.36. The minimum absolute atomic E-state index is 0.0580. The number of nitrogens with one attached hydrogen (secondary N) is 1. The predicted molar refractivity (Wildman–Crippen MR) is 99.8 cm³/mol. The molecule has 0 aliphatic rings. The maximum Gasteiger partial charge on any atom is 0.275 e. The number of nitrogens with zero attached hydrogens (tertiary/aromatic N) is 2. The highest BCUT2D eigenvalue weighted by Crippen LogP contribution is 2.24. The van der Waals surface area contributed by atoms with Crippen molar-refractivity contribution in [1.82, 2.24) is 5.43 Å². The Morgan fingerprint density at radius 1 is 1.16 bits per heavy atom. The van der Waals surface area contributed by atoms with E-state index >= 15 is 0 Å². The Morgan fingerprint density at radius 3 is 2.48 bits per heavy atom. The van der Waals surface area contributed by atoms with Gasteiger partial charge in [0.2, 0.25) is 0 Å². The Kier molecular flexibility index (Phi) is 6.25. The number of phenols is 2. The highest BCUT2D eigenvalue weighted by molar-refractivity contribution is 6.30. The lowest BCUT2D eigenvalue weighted by Gasteiger charge is -2.21. The van der Waals surface area contributed by atoms with Gasteiger partial charge in [-0.25, -0.2) is 5.43 Å². The zero-order valence-corrected chi connectivity index (χ0v) is 14.8. The monoisotopic (exact) mass is 361 g/mol. The lowest BCUT2D eigenvalue weighted by Crippen LogP contribution is -2.21. The van der Waals surface area contributed by atoms with Crippen LogP contribution in [0, 0.1) is 0 Å². The fraction of sp³-hybridized carbons (Fsp3) is 0.222. The third kappa shape index (κ3) is 4.64. The van der Waals surface area contributed by atoms with Gasteiger partial charge < -0.3 is 15.1 Å². The van der Waals surface area contributed by atoms with Crippen LogP contribution >= 0.6 is 11.6 Å². The van der Waals surface area contributed by atoms with E-state index in [-0.39, 0.29) is 17.1 Å². The molecule has 0 radical (unpaired) electrons. The van der Waals surface area contributed by atoms with E-state index < -0.39 is 5.91 Å². The molecule has 6 nitrogen and oxygen atoms in total. The van der Waals surface area contributed by atoms with Crippen molar-refractivity contribution in [2.45, 2.75) is 13.8 Å². The van der Waals surface area contributed by atoms with E-state index in [4.69, 9.17) is 11.6 Å². The van der Waals surface area contributed by atoms with Crippen molar-refractivity contribution in [3.05, 3.63) is 52.5 Å². The highest BCUT2D eigenvalue weighted by atomic mass is 35.5. The molecule has 0 saturated carbocycles. The van der Waals surface area contributed by atoms with Crippen LogP contribution in [-0.2, 0) is 0 Å². The number of hydrogen-bond acceptors (Lipinski definition) is 5. The van der Waals surface area contributed by atoms with Crippen LogP contribution in [0.4, 0.5) is 5.69 Å². The lowest BCUT2D eigenvalue weighted by molar-refractivity contribution is 0.0952. The topological polar surface area (TPSA) is 85.2 Å². The van der Waals surface area contributed by atoms with Crippen LogP contribution in [0.5, 0.6) is 11.5 Å². The Labute approximate surface area is 151 Å². The van der Waals surface area contributed by atoms with Gasteiger partial charge in [0.1, 0.15) is 11.5 Å². The summed E-state index contributed by atoms with van der Waals surface area (Å²) in [6, 6.07) is 9.43. The third-order valence-electron chi connectivity index (χ3n) is 3.72. The average molecular weight is 362 g/mol. The summed E-state index contributed by atoms with van der Waals surface area (Å²) in [4.78, 5) is 14.1. The summed E-state index contributed by atoms with van der Waals surface area (Å²) >= 11 is 5.73. The van der Waals surface area contributed by atoms with Crippen LogP contribution in [0.15, 0.2) is 41.5 Å². The van der Waals surface area contributed by atoms with Crippen LogP contribution in [0.1, 0.15) is 29.8 Å². The molecular formula is C18H20ClN3O3. The number of hydrazone groups is 1. The van der Waals surface area contributed by atoms with Gasteiger partial charge >= 0.3 is 0 Å². The first-order chi connectivity index (χ1) is 12.0. The van der Waals surface area contributed by atoms with Gasteiger partial charge in [0.05, 0.1) is 11.8 Å². The zero-order valence-electron chi connectivity index (χ0n) is 14.0. The fourth-order valence-electron chi connectivity index (χ4n) is 2.34. The number of amides is 1. The van der Waals surface area contributed by atoms with Crippen molar-refractivity contribution in [1.29, 1.82) is 0 Å². The molecule has 2 rings (SSSR count). The van der Waals surface area contributed by atoms with Crippen molar-refractivity contribution in [2.24, 2.45) is 5.10 Å². The largest absolute Gasteiger partial charge is 0.507 e. The second kappa shape index (κ2) is 8.39. The molecule has 0 atom stereocenters. The minimum Gasteiger partial charge on any atom is -0.507 e. The Morgan fingerprint density at radius 2 is 1.88 bits per heavy atom. The number of carbonyl (C=O) groups is 1. The number of rotatable bonds is 6. The van der Waals surface area contributed by atoms with Crippen LogP contribution < -0.4 is 10.3 Å². The van der Waals surface area contributed by atoms with Gasteiger partial charge in [-0.1, -0.05) is 11.6 Å². The molecule has 3 N–H and O–H groups in total. The van der Waals surface area contributed by atoms with E-state index in [1.165, 1.54) is 24.4 Å². The molecule has 7 heteroatoms. The standard InChI is InChI=1S/C18H20ClN3O3/c1-3-22(4-2)14-7-5-12(16(23)10-14)11-20-21-18(25)15-8-6-13(19)9-17(15)24/h5-11,23-24H,3-4H2,1-2H3,(H,21,25)/b20-11-. The number of aromatic hydroxyl groups is 2. The van der Waals surface area contributed by atoms with E-state index in [1.807, 2.05) is 19.9 Å². The molecule has 2 aromatic rings. The molecule has 0 fully saturated rings. The molecule has 0 spiro atoms. The van der Waals surface area contributed by atoms with Gasteiger partial charge in [0.25, 0.3) is 5.91 Å². The number of anilines is 1. The summed E-state index contributed by atoms with van der Waals surface area (Å²) in [5.41, 5.74) is 3.74. The van der Waals surface area contributed by atoms with Crippen LogP contribution in [0.3, 0.4) is 0 Å². The second-order valence-electron chi connectivity index (χ2n) is 5.28. The molecular weight excluding hydrogens is 342 g/mol. The van der Waals surface area contributed by atoms with Gasteiger partial charge in [-0.15, -0.1) is 0 Å². The first-order valence-electron chi connectivity index (χ1n) is 7.86. The van der Waals surface area contributed by atoms with Crippen LogP contribution in [0.25, 0.3) is 0 Å². The fourth-order valence-corrected chi connectivity index (χ4v) is 2.51. The van der Waals surface area contributed by atoms with Crippen LogP contribution in [0.2, 0.25) is 5.02 Å². The summed E-state index contributed by atoms with van der Waals surface area (Å²) in [5, 5.41) is 24.0. The van der Waals surface area contributed by atoms with E-state index in [1.54, 1.807) is 12.1 Å². The van der Waals surface area contributed by atoms with Crippen molar-refractivity contribution < 1.29 is 15.0 Å². The van der Waals surface area contributed by atoms with E-state index in [0.717, 1.165) is 18.8 Å². The molecule has 2 aromatic carbocycles. The smallest absolute Gasteiger partial charge is 0.275 e. The Hall–Kier alpha value is -2.73. The van der Waals surface area contributed by atoms with Crippen molar-refractivity contribution in [3.8, 4) is 11.5 Å². The van der Waals surface area contributed by atoms with Gasteiger partial charge in [0, 0.05) is 35.4 Å². The third-order valence-corrected chi connectivity index (χ3v) is 3.95. The van der Waals surface area contributed by atoms with Gasteiger partial charge in [-0.3, -0.25) is 4.79 Å². The molecule has 0 heterocycles. The molecule has 0 aliphatic carbocycles. The normalized spacial score (nSPS) is 10.8. The van der Waals surface area contributed by atoms with Crippen molar-refractivity contribution in [3.63, 3.8) is 0 Å². The van der Waals surface area contributed by atoms with E-state index in [0.29, 0.717) is 10.6 Å². The molecule has 0 aliphatic heterocycles. The number of carbonyl (C=O) groups excluding carboxylic acids is 1. The lowest BCUT2D eigenvalue weighted by atomic mass is 10.2. The maximum atomic E-state index is 12.0. The molecule has 0 unspecified atom stereocenters. The van der Waals surface area contributed by atoms with E-state index in [2.05, 4.69) is 15.4 Å². The molecule has 132 valence electrons. The van der Waals surface area contributed by atoms with Gasteiger partial charge in [-0.05, 0) is 44.2 Å². The number of benzene rings is 2. The maximum absolute atomic E-state index is 12.0. The molecule has 0 aromatic heterocycles. The minimum atomic E-state index is -0.579. The number of phenolic OH excluding ortho intramolecular Hbond substituents is 2. The van der Waals surface area contributed by atoms with Crippen molar-refractivity contribution >= 4 is 29.4 Å². The van der Waals surface area contributed by atoms with Gasteiger partial charge in [0.15, 0.2) is 0 Å². The number of hydrogen-bond donors (Lipinski definition) is 3. The Bertz CT molecular complexity index is 789. The van der Waals surface area contributed by atoms with Crippen LogP contribution in [-0.4, -0.2) is 35.4 Å². The zero-order chi connectivity index (χ0) is 18.4. The molecule has 0 bridgehead atoms. The number of halogens is 1. The molecule has 0 saturated heterocycles. The summed E-state index contributed by atoms with van der Waals surface area (Å²) in [6.45, 7) is 5.75. The second-order valence-corrected chi connectivity index (χ2v) is 5.71. The molecule has 25 heavy (non-hydrogen) atoms. The summed E-state index contributed by atoms with van der Waals surface area (Å²) in [6.07, 6.45) is 1.34. The van der Waals surface area contributed by atoms with E-state index in [9.17, 15) is 15.0 Å². The molecule has 1 amide bonds. The SMILES string of the molecule is CCN(CC)c1ccc(/C=N\NC(=O)c2ccc(Cl)cc2O)c(O)c1. The Balaban J connectivity index is 2.08. The first kappa shape index (κ1) is 18.6. The van der Waals surface area contributed by atoms with Crippen molar-refractivity contribution in [2.75, 3.05) is 18.0 Å². The summed E-state index contributed by atoms with van der Waals surface area (Å²) in [7, 11) is 0. The summed E-state index contributed by atoms with van der Waals surface area (Å²) in [5.74, 6) is -0.743. The van der Waals surface area contributed by atoms with Gasteiger partial charge in [-0.2, -0.15) is 5.10 Å². The highest BCUT2D eigenvalue weighted by Gasteiger charge is 2.10.